The van der Waals surface area contributed by atoms with Crippen LogP contribution in [0.15, 0.2) is 41.3 Å². The summed E-state index contributed by atoms with van der Waals surface area (Å²) in [6.45, 7) is 0.766. The van der Waals surface area contributed by atoms with Crippen LogP contribution >= 0.6 is 11.8 Å². The Hall–Kier alpha value is -3.93. The SMILES string of the molecule is CCOc1cc(C=C2SC(=O)N(CC(=O)Nc3ccc(F)cc3F)C2=O)ccc1OCC(=O)O. The molecule has 12 heteroatoms. The van der Waals surface area contributed by atoms with E-state index in [2.05, 4.69) is 5.32 Å². The lowest BCUT2D eigenvalue weighted by atomic mass is 10.2. The lowest BCUT2D eigenvalue weighted by Crippen LogP contribution is -2.36. The van der Waals surface area contributed by atoms with Gasteiger partial charge in [0.2, 0.25) is 5.91 Å². The Balaban J connectivity index is 1.72. The minimum absolute atomic E-state index is 0.0346. The quantitative estimate of drug-likeness (QED) is 0.510. The van der Waals surface area contributed by atoms with E-state index in [-0.39, 0.29) is 28.7 Å². The minimum Gasteiger partial charge on any atom is -0.490 e. The smallest absolute Gasteiger partial charge is 0.341 e. The monoisotopic (exact) mass is 492 g/mol. The molecule has 34 heavy (non-hydrogen) atoms. The molecule has 178 valence electrons. The number of halogens is 2. The van der Waals surface area contributed by atoms with Gasteiger partial charge in [-0.05, 0) is 54.6 Å². The van der Waals surface area contributed by atoms with E-state index >= 15 is 0 Å². The summed E-state index contributed by atoms with van der Waals surface area (Å²) < 4.78 is 37.3. The van der Waals surface area contributed by atoms with Crippen LogP contribution in [0, 0.1) is 11.6 Å². The van der Waals surface area contributed by atoms with E-state index < -0.39 is 47.8 Å². The van der Waals surface area contributed by atoms with Gasteiger partial charge in [0.15, 0.2) is 18.1 Å². The molecule has 3 rings (SSSR count). The zero-order chi connectivity index (χ0) is 24.8. The molecule has 0 spiro atoms. The van der Waals surface area contributed by atoms with Crippen LogP contribution in [0.25, 0.3) is 6.08 Å². The summed E-state index contributed by atoms with van der Waals surface area (Å²) in [4.78, 5) is 48.6. The summed E-state index contributed by atoms with van der Waals surface area (Å²) in [7, 11) is 0. The number of hydrogen-bond acceptors (Lipinski definition) is 7. The average molecular weight is 492 g/mol. The zero-order valence-corrected chi connectivity index (χ0v) is 18.5. The fourth-order valence-corrected chi connectivity index (χ4v) is 3.69. The molecule has 0 aromatic heterocycles. The first-order valence-electron chi connectivity index (χ1n) is 9.79. The third-order valence-electron chi connectivity index (χ3n) is 4.30. The highest BCUT2D eigenvalue weighted by molar-refractivity contribution is 8.18. The largest absolute Gasteiger partial charge is 0.490 e. The maximum absolute atomic E-state index is 13.7. The Morgan fingerprint density at radius 1 is 1.12 bits per heavy atom. The summed E-state index contributed by atoms with van der Waals surface area (Å²) in [5, 5.41) is 10.3. The summed E-state index contributed by atoms with van der Waals surface area (Å²) >= 11 is 0.613. The minimum atomic E-state index is -1.16. The van der Waals surface area contributed by atoms with Crippen LogP contribution in [0.2, 0.25) is 0 Å². The van der Waals surface area contributed by atoms with Crippen molar-refractivity contribution in [2.75, 3.05) is 25.1 Å². The zero-order valence-electron chi connectivity index (χ0n) is 17.7. The van der Waals surface area contributed by atoms with Crippen molar-refractivity contribution < 1.29 is 42.5 Å². The standard InChI is InChI=1S/C22H18F2N2O7S/c1-2-32-17-7-12(3-6-16(17)33-11-20(28)29)8-18-21(30)26(22(31)34-18)10-19(27)25-15-5-4-13(23)9-14(15)24/h3-9H,2,10-11H2,1H3,(H,25,27)(H,28,29). The van der Waals surface area contributed by atoms with Gasteiger partial charge in [-0.1, -0.05) is 6.07 Å². The van der Waals surface area contributed by atoms with Gasteiger partial charge in [-0.25, -0.2) is 13.6 Å². The Morgan fingerprint density at radius 2 is 1.88 bits per heavy atom. The molecular formula is C22H18F2N2O7S. The predicted octanol–water partition coefficient (Wildman–Crippen LogP) is 3.50. The second kappa shape index (κ2) is 10.8. The molecular weight excluding hydrogens is 474 g/mol. The molecule has 3 amide bonds. The Labute approximate surface area is 196 Å². The van der Waals surface area contributed by atoms with Gasteiger partial charge < -0.3 is 19.9 Å². The highest BCUT2D eigenvalue weighted by atomic mass is 32.2. The fraction of sp³-hybridized carbons (Fsp3) is 0.182. The summed E-state index contributed by atoms with van der Waals surface area (Å²) in [5.74, 6) is -4.10. The van der Waals surface area contributed by atoms with Crippen molar-refractivity contribution in [1.29, 1.82) is 0 Å². The molecule has 0 unspecified atom stereocenters. The number of benzene rings is 2. The molecule has 1 fully saturated rings. The third kappa shape index (κ3) is 6.10. The number of ether oxygens (including phenoxy) is 2. The number of nitrogens with one attached hydrogen (secondary N) is 1. The molecule has 1 heterocycles. The summed E-state index contributed by atoms with van der Waals surface area (Å²) in [6, 6.07) is 7.09. The molecule has 0 atom stereocenters. The molecule has 0 aliphatic carbocycles. The van der Waals surface area contributed by atoms with Crippen LogP contribution in [-0.2, 0) is 14.4 Å². The van der Waals surface area contributed by atoms with E-state index in [0.717, 1.165) is 12.1 Å². The van der Waals surface area contributed by atoms with Gasteiger partial charge in [0.25, 0.3) is 11.1 Å². The van der Waals surface area contributed by atoms with Gasteiger partial charge in [-0.15, -0.1) is 0 Å². The van der Waals surface area contributed by atoms with Crippen molar-refractivity contribution in [3.8, 4) is 11.5 Å². The van der Waals surface area contributed by atoms with E-state index in [0.29, 0.717) is 28.3 Å². The number of carboxylic acid groups (broad SMARTS) is 1. The number of anilines is 1. The first kappa shape index (κ1) is 24.7. The lowest BCUT2D eigenvalue weighted by molar-refractivity contribution is -0.139. The number of carbonyl (C=O) groups is 4. The number of hydrogen-bond donors (Lipinski definition) is 2. The van der Waals surface area contributed by atoms with E-state index in [1.807, 2.05) is 0 Å². The first-order valence-corrected chi connectivity index (χ1v) is 10.6. The molecule has 0 bridgehead atoms. The van der Waals surface area contributed by atoms with Gasteiger partial charge in [-0.3, -0.25) is 19.3 Å². The van der Waals surface area contributed by atoms with Gasteiger partial charge in [0.05, 0.1) is 17.2 Å². The van der Waals surface area contributed by atoms with E-state index in [1.54, 1.807) is 6.92 Å². The second-order valence-corrected chi connectivity index (χ2v) is 7.75. The van der Waals surface area contributed by atoms with Gasteiger partial charge in [-0.2, -0.15) is 0 Å². The van der Waals surface area contributed by atoms with Crippen LogP contribution in [0.5, 0.6) is 11.5 Å². The Morgan fingerprint density at radius 3 is 2.56 bits per heavy atom. The van der Waals surface area contributed by atoms with Crippen molar-refractivity contribution in [2.45, 2.75) is 6.92 Å². The van der Waals surface area contributed by atoms with Crippen LogP contribution in [0.4, 0.5) is 19.3 Å². The maximum Gasteiger partial charge on any atom is 0.341 e. The molecule has 2 aromatic rings. The molecule has 2 N–H and O–H groups in total. The predicted molar refractivity (Wildman–Crippen MR) is 118 cm³/mol. The molecule has 1 saturated heterocycles. The van der Waals surface area contributed by atoms with Crippen LogP contribution in [0.3, 0.4) is 0 Å². The Kier molecular flexibility index (Phi) is 7.84. The first-order chi connectivity index (χ1) is 16.2. The molecule has 1 aliphatic heterocycles. The van der Waals surface area contributed by atoms with Gasteiger partial charge in [0.1, 0.15) is 18.2 Å². The molecule has 0 radical (unpaired) electrons. The number of rotatable bonds is 9. The van der Waals surface area contributed by atoms with Crippen LogP contribution in [-0.4, -0.2) is 52.8 Å². The van der Waals surface area contributed by atoms with Crippen molar-refractivity contribution in [3.63, 3.8) is 0 Å². The summed E-state index contributed by atoms with van der Waals surface area (Å²) in [6.07, 6.45) is 1.41. The normalized spacial score (nSPS) is 14.4. The van der Waals surface area contributed by atoms with Crippen molar-refractivity contribution in [3.05, 3.63) is 58.5 Å². The fourth-order valence-electron chi connectivity index (χ4n) is 2.85. The molecule has 2 aromatic carbocycles. The van der Waals surface area contributed by atoms with Gasteiger partial charge >= 0.3 is 5.97 Å². The molecule has 9 nitrogen and oxygen atoms in total. The van der Waals surface area contributed by atoms with E-state index in [9.17, 15) is 28.0 Å². The second-order valence-electron chi connectivity index (χ2n) is 6.76. The average Bonchev–Trinajstić information content (AvgIpc) is 3.02. The maximum atomic E-state index is 13.7. The highest BCUT2D eigenvalue weighted by Crippen LogP contribution is 2.34. The number of carbonyl (C=O) groups excluding carboxylic acids is 3. The van der Waals surface area contributed by atoms with Crippen molar-refractivity contribution >= 4 is 46.5 Å². The van der Waals surface area contributed by atoms with E-state index in [4.69, 9.17) is 14.6 Å². The van der Waals surface area contributed by atoms with Crippen molar-refractivity contribution in [2.24, 2.45) is 0 Å². The number of aliphatic carboxylic acids is 1. The van der Waals surface area contributed by atoms with Crippen LogP contribution < -0.4 is 14.8 Å². The number of nitrogens with zero attached hydrogens (tertiary/aromatic N) is 1. The lowest BCUT2D eigenvalue weighted by Gasteiger charge is -2.13. The van der Waals surface area contributed by atoms with Crippen molar-refractivity contribution in [1.82, 2.24) is 4.90 Å². The number of carboxylic acids is 1. The number of imide groups is 1. The van der Waals surface area contributed by atoms with Gasteiger partial charge in [0, 0.05) is 6.07 Å². The number of thioether (sulfide) groups is 1. The molecule has 0 saturated carbocycles. The topological polar surface area (TPSA) is 122 Å². The van der Waals surface area contributed by atoms with Crippen LogP contribution in [0.1, 0.15) is 12.5 Å². The molecule has 1 aliphatic rings. The highest BCUT2D eigenvalue weighted by Gasteiger charge is 2.36. The van der Waals surface area contributed by atoms with E-state index in [1.165, 1.54) is 24.3 Å². The number of amides is 3. The Bertz CT molecular complexity index is 1190. The summed E-state index contributed by atoms with van der Waals surface area (Å²) in [5.41, 5.74) is 0.178. The third-order valence-corrected chi connectivity index (χ3v) is 5.20.